The highest BCUT2D eigenvalue weighted by atomic mass is 16.5. The number of morpholine rings is 1. The first kappa shape index (κ1) is 76.2. The van der Waals surface area contributed by atoms with Crippen molar-refractivity contribution in [3.8, 4) is 0 Å². The molecule has 0 saturated carbocycles. The summed E-state index contributed by atoms with van der Waals surface area (Å²) in [6, 6.07) is 0. The average molecular weight is 1100 g/mol. The number of unbranched alkanes of at least 4 members (excludes halogenated alkanes) is 33. The number of carbonyl (C=O) groups is 3. The van der Waals surface area contributed by atoms with Crippen LogP contribution in [0.15, 0.2) is 0 Å². The Balaban J connectivity index is 0.00000169. The van der Waals surface area contributed by atoms with Crippen LogP contribution in [0.2, 0.25) is 0 Å². The van der Waals surface area contributed by atoms with Crippen molar-refractivity contribution in [3.63, 3.8) is 0 Å². The highest BCUT2D eigenvalue weighted by Gasteiger charge is 2.14. The fourth-order valence-electron chi connectivity index (χ4n) is 11.0. The molecule has 0 bridgehead atoms. The molecule has 11 nitrogen and oxygen atoms in total. The molecule has 2 saturated heterocycles. The number of likely N-dealkylation sites (tertiary alicyclic amines) is 1. The Kier molecular flexibility index (Phi) is 61.4. The summed E-state index contributed by atoms with van der Waals surface area (Å²) < 4.78 is 5.49. The Morgan fingerprint density at radius 1 is 0.346 bits per heavy atom. The van der Waals surface area contributed by atoms with E-state index < -0.39 is 0 Å². The topological polar surface area (TPSA) is 118 Å². The smallest absolute Gasteiger partial charge is 0.221 e. The first-order valence-electron chi connectivity index (χ1n) is 34.2. The molecule has 2 aliphatic heterocycles. The van der Waals surface area contributed by atoms with Crippen molar-refractivity contribution in [3.05, 3.63) is 0 Å². The van der Waals surface area contributed by atoms with Gasteiger partial charge in [0.15, 0.2) is 0 Å². The predicted molar refractivity (Wildman–Crippen MR) is 339 cm³/mol. The molecule has 4 N–H and O–H groups in total. The maximum absolute atomic E-state index is 12.6. The van der Waals surface area contributed by atoms with Gasteiger partial charge in [0.25, 0.3) is 0 Å². The second-order valence-electron chi connectivity index (χ2n) is 23.6. The minimum absolute atomic E-state index is 0. The van der Waals surface area contributed by atoms with Crippen molar-refractivity contribution in [1.29, 1.82) is 0 Å². The van der Waals surface area contributed by atoms with Crippen LogP contribution in [0, 0.1) is 0 Å². The zero-order valence-electron chi connectivity index (χ0n) is 51.9. The van der Waals surface area contributed by atoms with Gasteiger partial charge in [0.2, 0.25) is 17.7 Å². The van der Waals surface area contributed by atoms with Crippen molar-refractivity contribution in [2.75, 3.05) is 105 Å². The summed E-state index contributed by atoms with van der Waals surface area (Å²) in [7, 11) is 0. The summed E-state index contributed by atoms with van der Waals surface area (Å²) >= 11 is 0. The number of ether oxygens (including phenoxy) is 1. The summed E-state index contributed by atoms with van der Waals surface area (Å²) in [5, 5.41) is 12.8. The van der Waals surface area contributed by atoms with Crippen LogP contribution in [0.25, 0.3) is 0 Å². The lowest BCUT2D eigenvalue weighted by atomic mass is 10.1. The Morgan fingerprint density at radius 3 is 1.04 bits per heavy atom. The van der Waals surface area contributed by atoms with E-state index in [4.69, 9.17) is 4.74 Å². The van der Waals surface area contributed by atoms with Crippen molar-refractivity contribution in [1.82, 2.24) is 36.0 Å². The molecule has 3 amide bonds. The number of hydrogen-bond donors (Lipinski definition) is 4. The molecule has 2 heterocycles. The molecule has 0 radical (unpaired) electrons. The van der Waals surface area contributed by atoms with E-state index in [0.717, 1.165) is 111 Å². The Labute approximate surface area is 486 Å². The summed E-state index contributed by atoms with van der Waals surface area (Å²) in [6.45, 7) is 21.9. The van der Waals surface area contributed by atoms with Gasteiger partial charge in [-0.05, 0) is 84.2 Å². The third-order valence-electron chi connectivity index (χ3n) is 16.2. The molecule has 0 aromatic carbocycles. The molecule has 0 aromatic heterocycles. The first-order valence-corrected chi connectivity index (χ1v) is 34.2. The maximum atomic E-state index is 12.6. The van der Waals surface area contributed by atoms with Gasteiger partial charge >= 0.3 is 0 Å². The zero-order chi connectivity index (χ0) is 55.4. The van der Waals surface area contributed by atoms with Crippen LogP contribution in [0.4, 0.5) is 0 Å². The fraction of sp³-hybridized carbons (Fsp3) is 0.955. The summed E-state index contributed by atoms with van der Waals surface area (Å²) in [5.74, 6) is 0.497. The highest BCUT2D eigenvalue weighted by molar-refractivity contribution is 5.77. The van der Waals surface area contributed by atoms with Gasteiger partial charge in [-0.3, -0.25) is 19.3 Å². The van der Waals surface area contributed by atoms with E-state index in [-0.39, 0.29) is 25.1 Å². The number of nitrogens with one attached hydrogen (secondary N) is 4. The molecule has 464 valence electrons. The van der Waals surface area contributed by atoms with Gasteiger partial charge in [0, 0.05) is 71.6 Å². The predicted octanol–water partition coefficient (Wildman–Crippen LogP) is 15.7. The van der Waals surface area contributed by atoms with Gasteiger partial charge < -0.3 is 35.8 Å². The molecule has 0 aliphatic carbocycles. The minimum Gasteiger partial charge on any atom is -0.379 e. The second kappa shape index (κ2) is 62.8. The van der Waals surface area contributed by atoms with E-state index >= 15 is 0 Å². The lowest BCUT2D eigenvalue weighted by Gasteiger charge is -2.28. The van der Waals surface area contributed by atoms with Crippen molar-refractivity contribution in [2.24, 2.45) is 0 Å². The SMILES string of the molecule is C.CCCCCCCCCCCCCCNC(=O)CCN(CCCN1CCOCC1)CCC(=O)NCCCCCCCCCCCCCC.CCCCCCCCCCCCCCNC(=O)CCNCCCN1CCCCC1. The zero-order valence-corrected chi connectivity index (χ0v) is 51.9. The van der Waals surface area contributed by atoms with Gasteiger partial charge in [-0.2, -0.15) is 0 Å². The molecule has 2 aliphatic rings. The fourth-order valence-corrected chi connectivity index (χ4v) is 11.0. The van der Waals surface area contributed by atoms with E-state index in [1.54, 1.807) is 0 Å². The Bertz CT molecular complexity index is 1190. The van der Waals surface area contributed by atoms with Crippen LogP contribution in [-0.2, 0) is 19.1 Å². The molecule has 11 heteroatoms. The molecule has 2 rings (SSSR count). The van der Waals surface area contributed by atoms with Crippen LogP contribution >= 0.6 is 0 Å². The van der Waals surface area contributed by atoms with Gasteiger partial charge in [0.05, 0.1) is 13.2 Å². The largest absolute Gasteiger partial charge is 0.379 e. The van der Waals surface area contributed by atoms with E-state index in [0.29, 0.717) is 19.3 Å². The minimum atomic E-state index is 0. The lowest BCUT2D eigenvalue weighted by Crippen LogP contribution is -2.39. The number of amides is 3. The number of piperidine rings is 1. The van der Waals surface area contributed by atoms with Crippen LogP contribution in [0.1, 0.15) is 311 Å². The number of nitrogens with zero attached hydrogens (tertiary/aromatic N) is 3. The lowest BCUT2D eigenvalue weighted by molar-refractivity contribution is -0.122. The molecule has 78 heavy (non-hydrogen) atoms. The molecule has 0 atom stereocenters. The molecular formula is C67H137N7O4. The normalized spacial score (nSPS) is 14.0. The Hall–Kier alpha value is -1.79. The monoisotopic (exact) mass is 1100 g/mol. The van der Waals surface area contributed by atoms with Crippen LogP contribution in [0.5, 0.6) is 0 Å². The molecule has 0 spiro atoms. The van der Waals surface area contributed by atoms with Gasteiger partial charge in [-0.25, -0.2) is 0 Å². The summed E-state index contributed by atoms with van der Waals surface area (Å²) in [6.07, 6.45) is 56.3. The maximum Gasteiger partial charge on any atom is 0.221 e. The van der Waals surface area contributed by atoms with Gasteiger partial charge in [-0.15, -0.1) is 0 Å². The van der Waals surface area contributed by atoms with Crippen molar-refractivity contribution in [2.45, 2.75) is 311 Å². The van der Waals surface area contributed by atoms with Crippen molar-refractivity contribution >= 4 is 17.7 Å². The second-order valence-corrected chi connectivity index (χ2v) is 23.6. The average Bonchev–Trinajstić information content (AvgIpc) is 3.44. The van der Waals surface area contributed by atoms with Gasteiger partial charge in [0.1, 0.15) is 0 Å². The van der Waals surface area contributed by atoms with Crippen LogP contribution in [-0.4, -0.2) is 137 Å². The van der Waals surface area contributed by atoms with Crippen LogP contribution < -0.4 is 21.3 Å². The molecular weight excluding hydrogens is 967 g/mol. The molecule has 0 aromatic rings. The van der Waals surface area contributed by atoms with Crippen LogP contribution in [0.3, 0.4) is 0 Å². The Morgan fingerprint density at radius 2 is 0.667 bits per heavy atom. The summed E-state index contributed by atoms with van der Waals surface area (Å²) in [5.41, 5.74) is 0. The summed E-state index contributed by atoms with van der Waals surface area (Å²) in [4.78, 5) is 44.5. The van der Waals surface area contributed by atoms with E-state index in [2.05, 4.69) is 56.7 Å². The molecule has 2 fully saturated rings. The quantitative estimate of drug-likeness (QED) is 0.0445. The standard InChI is InChI=1S/C41H82N4O3.C25H51N3O.CH4/c1-3-5-7-9-11-13-15-17-19-21-23-25-30-42-40(46)28-34-44(32-27-33-45-36-38-48-39-37-45)35-29-41(47)43-31-26-24-22-20-18-16-14-12-10-8-6-4-2;1-2-3-4-5-6-7-8-9-10-11-12-14-20-27-25(29)18-21-26-19-17-24-28-22-15-13-16-23-28;/h3-39H2,1-2H3,(H,42,46)(H,43,47);26H,2-24H2,1H3,(H,27,29);1H4. The highest BCUT2D eigenvalue weighted by Crippen LogP contribution is 2.15. The van der Waals surface area contributed by atoms with E-state index in [1.807, 2.05) is 0 Å². The number of hydrogen-bond acceptors (Lipinski definition) is 8. The van der Waals surface area contributed by atoms with Crippen molar-refractivity contribution < 1.29 is 19.1 Å². The number of carbonyl (C=O) groups excluding carboxylic acids is 3. The third kappa shape index (κ3) is 56.1. The van der Waals surface area contributed by atoms with Gasteiger partial charge in [-0.1, -0.05) is 247 Å². The number of rotatable bonds is 56. The van der Waals surface area contributed by atoms with E-state index in [1.165, 1.54) is 257 Å². The van der Waals surface area contributed by atoms with E-state index in [9.17, 15) is 14.4 Å². The first-order chi connectivity index (χ1) is 38.0. The third-order valence-corrected chi connectivity index (χ3v) is 16.2. The molecule has 0 unspecified atom stereocenters.